The zero-order valence-corrected chi connectivity index (χ0v) is 21.6. The second-order valence-electron chi connectivity index (χ2n) is 8.40. The van der Waals surface area contributed by atoms with Crippen LogP contribution in [0.25, 0.3) is 0 Å². The molecule has 39 heavy (non-hydrogen) atoms. The van der Waals surface area contributed by atoms with Crippen molar-refractivity contribution in [3.63, 3.8) is 0 Å². The van der Waals surface area contributed by atoms with E-state index in [0.717, 1.165) is 19.2 Å². The Balaban J connectivity index is 1.66. The number of hydrogen-bond acceptors (Lipinski definition) is 16. The summed E-state index contributed by atoms with van der Waals surface area (Å²) in [5.41, 5.74) is -1.77. The smallest absolute Gasteiger partial charge is 0.481 e. The third kappa shape index (κ3) is 7.66. The Bertz CT molecular complexity index is 1240. The van der Waals surface area contributed by atoms with Gasteiger partial charge in [-0.25, -0.2) is 13.7 Å². The van der Waals surface area contributed by atoms with Gasteiger partial charge in [0.05, 0.1) is 13.2 Å². The molecule has 2 aliphatic heterocycles. The SMILES string of the molecule is CC(=O)NC1C(OP(=O)(O)OP(=O)([O-])OCC2OC(n3ccc(=O)[nH]c3=O)C(O)C2O)OC(CO)C(O)C1O. The molecular formula is C17H26N3O17P2-. The normalized spacial score (nSPS) is 36.2. The largest absolute Gasteiger partial charge is 0.756 e. The Morgan fingerprint density at radius 3 is 2.36 bits per heavy atom. The summed E-state index contributed by atoms with van der Waals surface area (Å²) in [6.45, 7) is -1.02. The number of hydrogen-bond donors (Lipinski definition) is 8. The molecule has 11 unspecified atom stereocenters. The molecule has 8 N–H and O–H groups in total. The van der Waals surface area contributed by atoms with Gasteiger partial charge < -0.3 is 54.6 Å². The van der Waals surface area contributed by atoms with E-state index in [0.29, 0.717) is 4.57 Å². The van der Waals surface area contributed by atoms with E-state index < -0.39 is 101 Å². The molecule has 0 saturated carbocycles. The number of aliphatic hydroxyl groups is 5. The molecule has 20 nitrogen and oxygen atoms in total. The van der Waals surface area contributed by atoms with Crippen molar-refractivity contribution in [1.82, 2.24) is 14.9 Å². The van der Waals surface area contributed by atoms with Gasteiger partial charge >= 0.3 is 13.5 Å². The van der Waals surface area contributed by atoms with Crippen LogP contribution in [0, 0.1) is 0 Å². The number of carbonyl (C=O) groups excluding carboxylic acids is 1. The first-order chi connectivity index (χ1) is 18.0. The van der Waals surface area contributed by atoms with Crippen molar-refractivity contribution in [2.75, 3.05) is 13.2 Å². The number of nitrogens with zero attached hydrogens (tertiary/aromatic N) is 1. The number of amides is 1. The van der Waals surface area contributed by atoms with Gasteiger partial charge in [0.1, 0.15) is 42.7 Å². The fourth-order valence-corrected chi connectivity index (χ4v) is 5.88. The molecule has 2 saturated heterocycles. The van der Waals surface area contributed by atoms with Crippen LogP contribution in [0.1, 0.15) is 13.2 Å². The van der Waals surface area contributed by atoms with E-state index in [2.05, 4.69) is 18.7 Å². The van der Waals surface area contributed by atoms with Gasteiger partial charge in [0.15, 0.2) is 12.5 Å². The third-order valence-corrected chi connectivity index (χ3v) is 8.12. The number of phosphoric acid groups is 2. The molecule has 0 aromatic carbocycles. The quantitative estimate of drug-likeness (QED) is 0.115. The van der Waals surface area contributed by atoms with Crippen LogP contribution >= 0.6 is 15.6 Å². The number of ether oxygens (including phenoxy) is 2. The standard InChI is InChI=1S/C17H27N3O17P2/c1-6(22)18-10-13(26)11(24)7(4-21)35-16(10)36-39(31,32)37-38(29,30)33-5-8-12(25)14(27)15(34-8)20-3-2-9(23)19-17(20)28/h2-3,7-8,10-16,21,24-27H,4-5H2,1H3,(H,18,22)(H,29,30)(H,31,32)(H,19,23,28)/p-1. The second-order valence-corrected chi connectivity index (χ2v) is 11.3. The molecule has 3 heterocycles. The molecule has 0 spiro atoms. The molecule has 0 radical (unpaired) electrons. The third-order valence-electron chi connectivity index (χ3n) is 5.55. The van der Waals surface area contributed by atoms with Gasteiger partial charge in [-0.2, -0.15) is 0 Å². The predicted octanol–water partition coefficient (Wildman–Crippen LogP) is -5.28. The zero-order chi connectivity index (χ0) is 29.3. The van der Waals surface area contributed by atoms with Gasteiger partial charge in [-0.05, 0) is 0 Å². The van der Waals surface area contributed by atoms with Gasteiger partial charge in [0.25, 0.3) is 13.4 Å². The monoisotopic (exact) mass is 606 g/mol. The van der Waals surface area contributed by atoms with Crippen LogP contribution in [-0.4, -0.2) is 108 Å². The van der Waals surface area contributed by atoms with Crippen molar-refractivity contribution in [3.8, 4) is 0 Å². The number of aromatic amines is 1. The molecule has 1 aromatic heterocycles. The molecular weight excluding hydrogens is 580 g/mol. The Kier molecular flexibility index (Phi) is 10.0. The predicted molar refractivity (Wildman–Crippen MR) is 118 cm³/mol. The van der Waals surface area contributed by atoms with E-state index in [1.807, 2.05) is 4.98 Å². The van der Waals surface area contributed by atoms with Crippen LogP contribution in [0.15, 0.2) is 21.9 Å². The van der Waals surface area contributed by atoms with Crippen molar-refractivity contribution < 1.29 is 72.1 Å². The highest BCUT2D eigenvalue weighted by molar-refractivity contribution is 7.60. The lowest BCUT2D eigenvalue weighted by atomic mass is 9.97. The average molecular weight is 606 g/mol. The van der Waals surface area contributed by atoms with E-state index in [4.69, 9.17) is 9.47 Å². The second kappa shape index (κ2) is 12.3. The topological polar surface area (TPSA) is 309 Å². The molecule has 0 aliphatic carbocycles. The van der Waals surface area contributed by atoms with Crippen LogP contribution in [0.5, 0.6) is 0 Å². The van der Waals surface area contributed by atoms with E-state index in [1.54, 1.807) is 0 Å². The van der Waals surface area contributed by atoms with Crippen molar-refractivity contribution >= 4 is 21.6 Å². The first-order valence-corrected chi connectivity index (χ1v) is 13.9. The molecule has 1 amide bonds. The lowest BCUT2D eigenvalue weighted by Gasteiger charge is -2.42. The molecule has 2 aliphatic rings. The Labute approximate surface area is 217 Å². The Hall–Kier alpha value is -1.87. The number of aromatic nitrogens is 2. The molecule has 3 rings (SSSR count). The van der Waals surface area contributed by atoms with Gasteiger partial charge in [-0.15, -0.1) is 0 Å². The zero-order valence-electron chi connectivity index (χ0n) is 19.8. The minimum Gasteiger partial charge on any atom is -0.756 e. The van der Waals surface area contributed by atoms with Crippen LogP contribution in [0.3, 0.4) is 0 Å². The van der Waals surface area contributed by atoms with Gasteiger partial charge in [0, 0.05) is 19.2 Å². The van der Waals surface area contributed by atoms with Crippen LogP contribution < -0.4 is 21.5 Å². The van der Waals surface area contributed by atoms with E-state index >= 15 is 0 Å². The molecule has 1 aromatic rings. The highest BCUT2D eigenvalue weighted by Crippen LogP contribution is 2.59. The van der Waals surface area contributed by atoms with Crippen molar-refractivity contribution in [2.45, 2.75) is 62.1 Å². The van der Waals surface area contributed by atoms with Crippen LogP contribution in [0.4, 0.5) is 0 Å². The molecule has 0 bridgehead atoms. The maximum Gasteiger partial charge on any atom is 0.481 e. The number of carbonyl (C=O) groups is 1. The Morgan fingerprint density at radius 2 is 1.77 bits per heavy atom. The highest BCUT2D eigenvalue weighted by atomic mass is 31.3. The lowest BCUT2D eigenvalue weighted by Crippen LogP contribution is -2.64. The fraction of sp³-hybridized carbons (Fsp3) is 0.706. The van der Waals surface area contributed by atoms with Gasteiger partial charge in [-0.3, -0.25) is 28.2 Å². The average Bonchev–Trinajstić information content (AvgIpc) is 3.10. The van der Waals surface area contributed by atoms with Gasteiger partial charge in [-0.1, -0.05) is 0 Å². The lowest BCUT2D eigenvalue weighted by molar-refractivity contribution is -0.250. The maximum absolute atomic E-state index is 12.4. The van der Waals surface area contributed by atoms with Gasteiger partial charge in [0.2, 0.25) is 5.91 Å². The molecule has 22 heteroatoms. The number of phosphoric ester groups is 2. The number of aliphatic hydroxyl groups excluding tert-OH is 5. The maximum atomic E-state index is 12.4. The summed E-state index contributed by atoms with van der Waals surface area (Å²) in [4.78, 5) is 58.6. The summed E-state index contributed by atoms with van der Waals surface area (Å²) in [6.07, 6.45) is -13.2. The molecule has 11 atom stereocenters. The minimum absolute atomic E-state index is 0.707. The summed E-state index contributed by atoms with van der Waals surface area (Å²) in [5, 5.41) is 51.8. The molecule has 2 fully saturated rings. The minimum atomic E-state index is -5.77. The summed E-state index contributed by atoms with van der Waals surface area (Å²) in [7, 11) is -11.5. The molecule has 222 valence electrons. The van der Waals surface area contributed by atoms with Crippen LogP contribution in [-0.2, 0) is 36.8 Å². The van der Waals surface area contributed by atoms with E-state index in [1.165, 1.54) is 0 Å². The Morgan fingerprint density at radius 1 is 1.13 bits per heavy atom. The summed E-state index contributed by atoms with van der Waals surface area (Å²) >= 11 is 0. The number of nitrogens with one attached hydrogen (secondary N) is 2. The first kappa shape index (κ1) is 31.7. The summed E-state index contributed by atoms with van der Waals surface area (Å²) in [6, 6.07) is -0.797. The van der Waals surface area contributed by atoms with Crippen molar-refractivity contribution in [2.24, 2.45) is 0 Å². The fourth-order valence-electron chi connectivity index (χ4n) is 3.75. The highest BCUT2D eigenvalue weighted by Gasteiger charge is 2.49. The van der Waals surface area contributed by atoms with E-state index in [-0.39, 0.29) is 0 Å². The van der Waals surface area contributed by atoms with Crippen molar-refractivity contribution in [1.29, 1.82) is 0 Å². The van der Waals surface area contributed by atoms with E-state index in [9.17, 15) is 58.8 Å². The van der Waals surface area contributed by atoms with Crippen molar-refractivity contribution in [3.05, 3.63) is 33.1 Å². The van der Waals surface area contributed by atoms with Crippen LogP contribution in [0.2, 0.25) is 0 Å². The number of H-pyrrole nitrogens is 1. The number of rotatable bonds is 10. The first-order valence-electron chi connectivity index (χ1n) is 11.0. The summed E-state index contributed by atoms with van der Waals surface area (Å²) in [5.74, 6) is -0.808. The summed E-state index contributed by atoms with van der Waals surface area (Å²) < 4.78 is 48.7.